The Bertz CT molecular complexity index is 320. The molecule has 0 fully saturated rings. The second kappa shape index (κ2) is 32.0. The van der Waals surface area contributed by atoms with Gasteiger partial charge in [0.15, 0.2) is 0 Å². The fraction of sp³-hybridized carbons (Fsp3) is 1.00. The van der Waals surface area contributed by atoms with Crippen LogP contribution in [0.2, 0.25) is 0 Å². The zero-order valence-electron chi connectivity index (χ0n) is 24.9. The van der Waals surface area contributed by atoms with Crippen LogP contribution in [0.15, 0.2) is 0 Å². The minimum Gasteiger partial charge on any atom is -0.396 e. The van der Waals surface area contributed by atoms with Crippen molar-refractivity contribution < 1.29 is 5.11 Å². The van der Waals surface area contributed by atoms with E-state index < -0.39 is 0 Å². The highest BCUT2D eigenvalue weighted by Crippen LogP contribution is 2.22. The van der Waals surface area contributed by atoms with E-state index in [0.717, 1.165) is 12.3 Å². The molecule has 1 N–H and O–H groups in total. The van der Waals surface area contributed by atoms with Crippen molar-refractivity contribution in [2.24, 2.45) is 5.92 Å². The predicted molar refractivity (Wildman–Crippen MR) is 160 cm³/mol. The molecule has 1 heteroatoms. The summed E-state index contributed by atoms with van der Waals surface area (Å²) in [5, 5.41) is 8.79. The fourth-order valence-electron chi connectivity index (χ4n) is 5.67. The van der Waals surface area contributed by atoms with Gasteiger partial charge in [-0.2, -0.15) is 0 Å². The highest BCUT2D eigenvalue weighted by atomic mass is 16.2. The summed E-state index contributed by atoms with van der Waals surface area (Å²) in [5.74, 6) is 1.00. The van der Waals surface area contributed by atoms with E-state index in [1.165, 1.54) is 186 Å². The van der Waals surface area contributed by atoms with Crippen molar-refractivity contribution in [3.8, 4) is 0 Å². The lowest BCUT2D eigenvalue weighted by Crippen LogP contribution is -1.99. The van der Waals surface area contributed by atoms with Gasteiger partial charge in [-0.25, -0.2) is 0 Å². The molecule has 1 atom stereocenters. The Kier molecular flexibility index (Phi) is 32.0. The van der Waals surface area contributed by atoms with Gasteiger partial charge >= 0.3 is 0 Å². The van der Waals surface area contributed by atoms with Crippen LogP contribution in [0.1, 0.15) is 206 Å². The van der Waals surface area contributed by atoms with Gasteiger partial charge in [0.25, 0.3) is 0 Å². The van der Waals surface area contributed by atoms with E-state index in [1.807, 2.05) is 0 Å². The molecule has 0 aliphatic carbocycles. The third-order valence-electron chi connectivity index (χ3n) is 8.31. The summed E-state index contributed by atoms with van der Waals surface area (Å²) >= 11 is 0. The van der Waals surface area contributed by atoms with Crippen LogP contribution >= 0.6 is 0 Å². The smallest absolute Gasteiger partial charge is 0.0431 e. The standard InChI is InChI=1S/C34H70O/c1-3-5-6-7-8-9-10-11-13-16-19-22-25-28-31-34(4-2)32-29-26-23-20-17-14-12-15-18-21-24-27-30-33-35/h34-35H,3-33H2,1-2H3. The fourth-order valence-corrected chi connectivity index (χ4v) is 5.67. The van der Waals surface area contributed by atoms with Crippen LogP contribution in [0.3, 0.4) is 0 Å². The van der Waals surface area contributed by atoms with E-state index in [1.54, 1.807) is 0 Å². The van der Waals surface area contributed by atoms with E-state index >= 15 is 0 Å². The third kappa shape index (κ3) is 30.1. The Balaban J connectivity index is 3.25. The first-order chi connectivity index (χ1) is 17.3. The maximum Gasteiger partial charge on any atom is 0.0431 e. The summed E-state index contributed by atoms with van der Waals surface area (Å²) in [6, 6.07) is 0. The molecule has 0 saturated carbocycles. The Morgan fingerprint density at radius 1 is 0.343 bits per heavy atom. The molecule has 0 radical (unpaired) electrons. The Morgan fingerprint density at radius 2 is 0.600 bits per heavy atom. The molecular formula is C34H70O. The van der Waals surface area contributed by atoms with Crippen molar-refractivity contribution in [2.45, 2.75) is 206 Å². The second-order valence-corrected chi connectivity index (χ2v) is 11.8. The highest BCUT2D eigenvalue weighted by Gasteiger charge is 2.06. The van der Waals surface area contributed by atoms with Gasteiger partial charge in [-0.05, 0) is 12.3 Å². The van der Waals surface area contributed by atoms with Gasteiger partial charge in [0.2, 0.25) is 0 Å². The number of aliphatic hydroxyl groups is 1. The SMILES string of the molecule is CCCCCCCCCCCCCCCCC(CC)CCCCCCCCCCCCCCCO. The number of hydrogen-bond donors (Lipinski definition) is 1. The molecule has 0 bridgehead atoms. The molecule has 1 unspecified atom stereocenters. The molecule has 1 nitrogen and oxygen atoms in total. The Hall–Kier alpha value is -0.0400. The first kappa shape index (κ1) is 35.0. The maximum atomic E-state index is 8.79. The minimum absolute atomic E-state index is 0.374. The Labute approximate surface area is 224 Å². The predicted octanol–water partition coefficient (Wildman–Crippen LogP) is 12.3. The molecule has 0 aromatic carbocycles. The molecule has 0 rings (SSSR count). The van der Waals surface area contributed by atoms with E-state index in [9.17, 15) is 0 Å². The minimum atomic E-state index is 0.374. The number of unbranched alkanes of at least 4 members (excludes halogenated alkanes) is 25. The molecule has 0 aromatic heterocycles. The Morgan fingerprint density at radius 3 is 0.857 bits per heavy atom. The van der Waals surface area contributed by atoms with E-state index in [4.69, 9.17) is 5.11 Å². The van der Waals surface area contributed by atoms with Crippen molar-refractivity contribution in [3.63, 3.8) is 0 Å². The highest BCUT2D eigenvalue weighted by molar-refractivity contribution is 4.59. The van der Waals surface area contributed by atoms with Crippen LogP contribution in [0.25, 0.3) is 0 Å². The van der Waals surface area contributed by atoms with Gasteiger partial charge in [0.1, 0.15) is 0 Å². The van der Waals surface area contributed by atoms with Gasteiger partial charge in [-0.1, -0.05) is 200 Å². The van der Waals surface area contributed by atoms with E-state index in [2.05, 4.69) is 13.8 Å². The van der Waals surface area contributed by atoms with Crippen LogP contribution in [-0.4, -0.2) is 11.7 Å². The van der Waals surface area contributed by atoms with Crippen LogP contribution in [0, 0.1) is 5.92 Å². The van der Waals surface area contributed by atoms with E-state index in [-0.39, 0.29) is 0 Å². The largest absolute Gasteiger partial charge is 0.396 e. The normalized spacial score (nSPS) is 12.4. The number of hydrogen-bond acceptors (Lipinski definition) is 1. The number of rotatable bonds is 31. The quantitative estimate of drug-likeness (QED) is 0.0950. The lowest BCUT2D eigenvalue weighted by atomic mass is 9.92. The molecule has 0 saturated heterocycles. The lowest BCUT2D eigenvalue weighted by Gasteiger charge is -2.14. The monoisotopic (exact) mass is 495 g/mol. The van der Waals surface area contributed by atoms with Crippen molar-refractivity contribution in [3.05, 3.63) is 0 Å². The van der Waals surface area contributed by atoms with Crippen molar-refractivity contribution in [1.82, 2.24) is 0 Å². The van der Waals surface area contributed by atoms with E-state index in [0.29, 0.717) is 6.61 Å². The zero-order valence-corrected chi connectivity index (χ0v) is 24.9. The van der Waals surface area contributed by atoms with Crippen molar-refractivity contribution in [2.75, 3.05) is 6.61 Å². The molecular weight excluding hydrogens is 424 g/mol. The average Bonchev–Trinajstić information content (AvgIpc) is 2.87. The summed E-state index contributed by atoms with van der Waals surface area (Å²) in [4.78, 5) is 0. The van der Waals surface area contributed by atoms with Crippen LogP contribution in [0.4, 0.5) is 0 Å². The molecule has 0 spiro atoms. The summed E-state index contributed by atoms with van der Waals surface area (Å²) < 4.78 is 0. The molecule has 0 heterocycles. The van der Waals surface area contributed by atoms with Crippen molar-refractivity contribution in [1.29, 1.82) is 0 Å². The van der Waals surface area contributed by atoms with Crippen LogP contribution < -0.4 is 0 Å². The first-order valence-corrected chi connectivity index (χ1v) is 17.0. The average molecular weight is 495 g/mol. The maximum absolute atomic E-state index is 8.79. The van der Waals surface area contributed by atoms with Crippen LogP contribution in [-0.2, 0) is 0 Å². The van der Waals surface area contributed by atoms with Gasteiger partial charge in [0, 0.05) is 6.61 Å². The number of aliphatic hydroxyl groups excluding tert-OH is 1. The summed E-state index contributed by atoms with van der Waals surface area (Å²) in [7, 11) is 0. The topological polar surface area (TPSA) is 20.2 Å². The third-order valence-corrected chi connectivity index (χ3v) is 8.31. The second-order valence-electron chi connectivity index (χ2n) is 11.8. The van der Waals surface area contributed by atoms with Gasteiger partial charge in [0.05, 0.1) is 0 Å². The molecule has 0 amide bonds. The lowest BCUT2D eigenvalue weighted by molar-refractivity contribution is 0.282. The molecule has 0 aromatic rings. The molecule has 35 heavy (non-hydrogen) atoms. The van der Waals surface area contributed by atoms with Crippen LogP contribution in [0.5, 0.6) is 0 Å². The molecule has 0 aliphatic heterocycles. The summed E-state index contributed by atoms with van der Waals surface area (Å²) in [5.41, 5.74) is 0. The van der Waals surface area contributed by atoms with Gasteiger partial charge < -0.3 is 5.11 Å². The van der Waals surface area contributed by atoms with Gasteiger partial charge in [-0.3, -0.25) is 0 Å². The zero-order chi connectivity index (χ0) is 25.5. The van der Waals surface area contributed by atoms with Crippen molar-refractivity contribution >= 4 is 0 Å². The molecule has 0 aliphatic rings. The first-order valence-electron chi connectivity index (χ1n) is 17.0. The molecule has 212 valence electrons. The summed E-state index contributed by atoms with van der Waals surface area (Å²) in [6.07, 6.45) is 42.9. The van der Waals surface area contributed by atoms with Gasteiger partial charge in [-0.15, -0.1) is 0 Å². The summed E-state index contributed by atoms with van der Waals surface area (Å²) in [6.45, 7) is 5.10.